The molecule has 2 nitrogen and oxygen atoms in total. The van der Waals surface area contributed by atoms with Crippen molar-refractivity contribution in [3.05, 3.63) is 59.2 Å². The summed E-state index contributed by atoms with van der Waals surface area (Å²) in [7, 11) is 0. The third-order valence-corrected chi connectivity index (χ3v) is 3.12. The van der Waals surface area contributed by atoms with E-state index in [4.69, 9.17) is 0 Å². The Kier molecular flexibility index (Phi) is 5.26. The van der Waals surface area contributed by atoms with E-state index in [0.717, 1.165) is 17.7 Å². The lowest BCUT2D eigenvalue weighted by Gasteiger charge is -2.19. The number of halogens is 6. The SMILES string of the molecule is CCc1ccc(C(F)(F)Oc2cc(F)c(OC(F)F)c(F)c2)cc1. The van der Waals surface area contributed by atoms with Crippen molar-refractivity contribution in [2.75, 3.05) is 0 Å². The second kappa shape index (κ2) is 7.02. The highest BCUT2D eigenvalue weighted by molar-refractivity contribution is 5.36. The molecule has 0 fully saturated rings. The lowest BCUT2D eigenvalue weighted by atomic mass is 10.1. The van der Waals surface area contributed by atoms with Crippen molar-refractivity contribution in [3.8, 4) is 11.5 Å². The molecule has 0 saturated heterocycles. The molecule has 0 atom stereocenters. The van der Waals surface area contributed by atoms with Crippen LogP contribution in [-0.4, -0.2) is 6.61 Å². The maximum Gasteiger partial charge on any atom is 0.426 e. The van der Waals surface area contributed by atoms with Crippen molar-refractivity contribution >= 4 is 0 Å². The fourth-order valence-electron chi connectivity index (χ4n) is 1.94. The van der Waals surface area contributed by atoms with Crippen molar-refractivity contribution in [1.29, 1.82) is 0 Å². The van der Waals surface area contributed by atoms with Crippen molar-refractivity contribution in [1.82, 2.24) is 0 Å². The highest BCUT2D eigenvalue weighted by Crippen LogP contribution is 2.35. The number of hydrogen-bond donors (Lipinski definition) is 0. The van der Waals surface area contributed by atoms with Crippen LogP contribution in [-0.2, 0) is 12.5 Å². The van der Waals surface area contributed by atoms with Gasteiger partial charge >= 0.3 is 12.7 Å². The molecular weight excluding hydrogens is 338 g/mol. The average Bonchev–Trinajstić information content (AvgIpc) is 2.50. The van der Waals surface area contributed by atoms with Gasteiger partial charge in [-0.3, -0.25) is 0 Å². The molecule has 0 aliphatic carbocycles. The zero-order valence-corrected chi connectivity index (χ0v) is 12.3. The number of rotatable bonds is 6. The van der Waals surface area contributed by atoms with Crippen LogP contribution in [0.25, 0.3) is 0 Å². The minimum Gasteiger partial charge on any atom is -0.429 e. The maximum absolute atomic E-state index is 14.0. The Morgan fingerprint density at radius 1 is 1.00 bits per heavy atom. The van der Waals surface area contributed by atoms with Crippen molar-refractivity contribution in [2.45, 2.75) is 26.1 Å². The van der Waals surface area contributed by atoms with Crippen LogP contribution in [0, 0.1) is 11.6 Å². The van der Waals surface area contributed by atoms with Gasteiger partial charge in [0.15, 0.2) is 17.4 Å². The van der Waals surface area contributed by atoms with Crippen LogP contribution in [0.3, 0.4) is 0 Å². The number of alkyl halides is 4. The van der Waals surface area contributed by atoms with Gasteiger partial charge in [0.1, 0.15) is 5.75 Å². The summed E-state index contributed by atoms with van der Waals surface area (Å²) in [6.07, 6.45) is -3.22. The highest BCUT2D eigenvalue weighted by atomic mass is 19.3. The van der Waals surface area contributed by atoms with E-state index in [0.29, 0.717) is 18.6 Å². The maximum atomic E-state index is 14.0. The summed E-state index contributed by atoms with van der Waals surface area (Å²) < 4.78 is 87.1. The number of ether oxygens (including phenoxy) is 2. The van der Waals surface area contributed by atoms with Gasteiger partial charge in [0.25, 0.3) is 0 Å². The van der Waals surface area contributed by atoms with E-state index in [9.17, 15) is 26.3 Å². The summed E-state index contributed by atoms with van der Waals surface area (Å²) in [4.78, 5) is 0. The number of benzene rings is 2. The predicted octanol–water partition coefficient (Wildman–Crippen LogP) is 5.26. The van der Waals surface area contributed by atoms with Gasteiger partial charge in [0.05, 0.1) is 5.56 Å². The molecule has 0 aromatic heterocycles. The van der Waals surface area contributed by atoms with E-state index in [-0.39, 0.29) is 0 Å². The third kappa shape index (κ3) is 4.12. The second-order valence-corrected chi connectivity index (χ2v) is 4.76. The van der Waals surface area contributed by atoms with Crippen LogP contribution < -0.4 is 9.47 Å². The van der Waals surface area contributed by atoms with Gasteiger partial charge in [-0.1, -0.05) is 19.1 Å². The summed E-state index contributed by atoms with van der Waals surface area (Å²) in [6, 6.07) is 5.87. The Morgan fingerprint density at radius 2 is 1.54 bits per heavy atom. The minimum atomic E-state index is -3.86. The highest BCUT2D eigenvalue weighted by Gasteiger charge is 2.35. The smallest absolute Gasteiger partial charge is 0.426 e. The molecule has 0 saturated carbocycles. The molecule has 0 radical (unpaired) electrons. The summed E-state index contributed by atoms with van der Waals surface area (Å²) in [6.45, 7) is -1.61. The minimum absolute atomic E-state index is 0.342. The lowest BCUT2D eigenvalue weighted by molar-refractivity contribution is -0.185. The predicted molar refractivity (Wildman–Crippen MR) is 73.3 cm³/mol. The van der Waals surface area contributed by atoms with Crippen LogP contribution in [0.4, 0.5) is 26.3 Å². The second-order valence-electron chi connectivity index (χ2n) is 4.76. The molecule has 2 aromatic carbocycles. The molecule has 0 heterocycles. The van der Waals surface area contributed by atoms with E-state index in [1.54, 1.807) is 0 Å². The molecule has 8 heteroatoms. The number of hydrogen-bond acceptors (Lipinski definition) is 2. The largest absolute Gasteiger partial charge is 0.429 e. The molecule has 2 rings (SSSR count). The molecule has 0 aliphatic rings. The molecule has 0 spiro atoms. The summed E-state index contributed by atoms with van der Waals surface area (Å²) in [5.41, 5.74) is 0.300. The van der Waals surface area contributed by atoms with Crippen LogP contribution >= 0.6 is 0 Å². The Morgan fingerprint density at radius 3 is 2.00 bits per heavy atom. The van der Waals surface area contributed by atoms with E-state index in [2.05, 4.69) is 9.47 Å². The van der Waals surface area contributed by atoms with E-state index >= 15 is 0 Å². The molecule has 0 bridgehead atoms. The van der Waals surface area contributed by atoms with Gasteiger partial charge in [-0.2, -0.15) is 17.6 Å². The normalized spacial score (nSPS) is 11.7. The first-order valence-corrected chi connectivity index (χ1v) is 6.83. The molecule has 0 aliphatic heterocycles. The van der Waals surface area contributed by atoms with Crippen LogP contribution in [0.5, 0.6) is 11.5 Å². The lowest BCUT2D eigenvalue weighted by Crippen LogP contribution is -2.22. The van der Waals surface area contributed by atoms with Gasteiger partial charge in [0, 0.05) is 12.1 Å². The van der Waals surface area contributed by atoms with Gasteiger partial charge in [-0.05, 0) is 24.1 Å². The number of aryl methyl sites for hydroxylation is 1. The monoisotopic (exact) mass is 350 g/mol. The molecule has 0 unspecified atom stereocenters. The average molecular weight is 350 g/mol. The molecule has 130 valence electrons. The zero-order valence-electron chi connectivity index (χ0n) is 12.3. The first kappa shape index (κ1) is 18.0. The molecular formula is C16H12F6O2. The van der Waals surface area contributed by atoms with Gasteiger partial charge in [-0.25, -0.2) is 8.78 Å². The Bertz CT molecular complexity index is 677. The van der Waals surface area contributed by atoms with Crippen LogP contribution in [0.2, 0.25) is 0 Å². The topological polar surface area (TPSA) is 18.5 Å². The van der Waals surface area contributed by atoms with Gasteiger partial charge < -0.3 is 9.47 Å². The van der Waals surface area contributed by atoms with Crippen molar-refractivity contribution in [3.63, 3.8) is 0 Å². The standard InChI is InChI=1S/C16H12F6O2/c1-2-9-3-5-10(6-4-9)16(21,22)24-11-7-12(17)14(13(18)8-11)23-15(19)20/h3-8,15H,2H2,1H3. The van der Waals surface area contributed by atoms with Gasteiger partial charge in [-0.15, -0.1) is 0 Å². The third-order valence-electron chi connectivity index (χ3n) is 3.12. The summed E-state index contributed by atoms with van der Waals surface area (Å²) in [5.74, 6) is -5.39. The molecule has 2 aromatic rings. The molecule has 0 amide bonds. The van der Waals surface area contributed by atoms with E-state index < -0.39 is 41.4 Å². The Labute approximate surface area is 133 Å². The quantitative estimate of drug-likeness (QED) is 0.662. The first-order chi connectivity index (χ1) is 11.2. The fraction of sp³-hybridized carbons (Fsp3) is 0.250. The molecule has 24 heavy (non-hydrogen) atoms. The first-order valence-electron chi connectivity index (χ1n) is 6.83. The van der Waals surface area contributed by atoms with Crippen LogP contribution in [0.1, 0.15) is 18.1 Å². The Balaban J connectivity index is 2.25. The Hall–Kier alpha value is -2.38. The van der Waals surface area contributed by atoms with E-state index in [1.165, 1.54) is 12.1 Å². The molecule has 0 N–H and O–H groups in total. The van der Waals surface area contributed by atoms with Gasteiger partial charge in [0.2, 0.25) is 0 Å². The van der Waals surface area contributed by atoms with E-state index in [1.807, 2.05) is 6.92 Å². The van der Waals surface area contributed by atoms with Crippen LogP contribution in [0.15, 0.2) is 36.4 Å². The van der Waals surface area contributed by atoms with Crippen molar-refractivity contribution in [2.24, 2.45) is 0 Å². The fourth-order valence-corrected chi connectivity index (χ4v) is 1.94. The summed E-state index contributed by atoms with van der Waals surface area (Å²) in [5, 5.41) is 0. The zero-order chi connectivity index (χ0) is 17.9. The van der Waals surface area contributed by atoms with Crippen molar-refractivity contribution < 1.29 is 35.8 Å². The summed E-state index contributed by atoms with van der Waals surface area (Å²) >= 11 is 0.